The van der Waals surface area contributed by atoms with Gasteiger partial charge in [-0.25, -0.2) is 0 Å². The van der Waals surface area contributed by atoms with Gasteiger partial charge in [-0.05, 0) is 6.07 Å². The molecule has 1 heterocycles. The molecular weight excluding hydrogens is 140 g/mol. The Balaban J connectivity index is 2.41. The van der Waals surface area contributed by atoms with Crippen LogP contribution in [0.15, 0.2) is 18.2 Å². The van der Waals surface area contributed by atoms with Crippen molar-refractivity contribution in [2.75, 3.05) is 17.9 Å². The fourth-order valence-electron chi connectivity index (χ4n) is 1.05. The van der Waals surface area contributed by atoms with Crippen LogP contribution in [0.1, 0.15) is 0 Å². The van der Waals surface area contributed by atoms with Crippen LogP contribution < -0.4 is 16.4 Å². The van der Waals surface area contributed by atoms with Crippen molar-refractivity contribution in [3.05, 3.63) is 23.5 Å². The van der Waals surface area contributed by atoms with Gasteiger partial charge in [-0.2, -0.15) is 0 Å². The van der Waals surface area contributed by atoms with Gasteiger partial charge in [-0.1, -0.05) is 12.1 Å². The number of benzene rings is 1. The summed E-state index contributed by atoms with van der Waals surface area (Å²) >= 11 is 0. The molecular formula is C7H9N4-. The lowest BCUT2D eigenvalue weighted by atomic mass is 10.2. The molecule has 0 aromatic heterocycles. The molecule has 1 aromatic rings. The Morgan fingerprint density at radius 1 is 1.18 bits per heavy atom. The number of hydrazine groups is 2. The van der Waals surface area contributed by atoms with Crippen LogP contribution in [-0.2, 0) is 0 Å². The smallest absolute Gasteiger partial charge is 0.0749 e. The van der Waals surface area contributed by atoms with E-state index in [1.807, 2.05) is 18.2 Å². The maximum Gasteiger partial charge on any atom is 0.0749 e. The van der Waals surface area contributed by atoms with E-state index in [4.69, 9.17) is 0 Å². The Morgan fingerprint density at radius 2 is 2.00 bits per heavy atom. The molecule has 0 bridgehead atoms. The van der Waals surface area contributed by atoms with E-state index in [9.17, 15) is 0 Å². The largest absolute Gasteiger partial charge is 0.687 e. The Bertz CT molecular complexity index is 271. The van der Waals surface area contributed by atoms with Gasteiger partial charge in [0.25, 0.3) is 0 Å². The molecule has 0 fully saturated rings. The molecule has 3 N–H and O–H groups in total. The predicted molar refractivity (Wildman–Crippen MR) is 45.8 cm³/mol. The highest BCUT2D eigenvalue weighted by molar-refractivity contribution is 5.76. The third-order valence-electron chi connectivity index (χ3n) is 1.66. The molecule has 58 valence electrons. The Kier molecular flexibility index (Phi) is 1.33. The van der Waals surface area contributed by atoms with Gasteiger partial charge in [-0.15, -0.1) is 18.3 Å². The van der Waals surface area contributed by atoms with Gasteiger partial charge in [0.2, 0.25) is 0 Å². The molecule has 1 aliphatic heterocycles. The first-order valence-corrected chi connectivity index (χ1v) is 3.41. The van der Waals surface area contributed by atoms with E-state index in [0.29, 0.717) is 0 Å². The van der Waals surface area contributed by atoms with Gasteiger partial charge in [0, 0.05) is 0 Å². The van der Waals surface area contributed by atoms with Crippen molar-refractivity contribution in [3.63, 3.8) is 0 Å². The zero-order chi connectivity index (χ0) is 7.68. The minimum absolute atomic E-state index is 0.974. The molecule has 1 aromatic carbocycles. The lowest BCUT2D eigenvalue weighted by Gasteiger charge is -2.13. The van der Waals surface area contributed by atoms with Crippen LogP contribution in [0, 0.1) is 0 Å². The zero-order valence-corrected chi connectivity index (χ0v) is 6.18. The second-order valence-corrected chi connectivity index (χ2v) is 2.33. The Morgan fingerprint density at radius 3 is 2.82 bits per heavy atom. The predicted octanol–water partition coefficient (Wildman–Crippen LogP) is 1.58. The molecule has 0 radical (unpaired) electrons. The fraction of sp³-hybridized carbons (Fsp3) is 0.143. The van der Waals surface area contributed by atoms with E-state index in [2.05, 4.69) is 21.7 Å². The third-order valence-corrected chi connectivity index (χ3v) is 1.66. The van der Waals surface area contributed by atoms with Gasteiger partial charge in [-0.3, -0.25) is 0 Å². The van der Waals surface area contributed by atoms with Crippen LogP contribution >= 0.6 is 0 Å². The summed E-state index contributed by atoms with van der Waals surface area (Å²) in [5.41, 5.74) is 11.8. The van der Waals surface area contributed by atoms with E-state index >= 15 is 0 Å². The number of hydrogen-bond acceptors (Lipinski definition) is 3. The summed E-state index contributed by atoms with van der Waals surface area (Å²) in [7, 11) is 1.78. The normalized spacial score (nSPS) is 13.2. The number of anilines is 2. The highest BCUT2D eigenvalue weighted by Crippen LogP contribution is 2.29. The number of nitrogens with one attached hydrogen (secondary N) is 3. The maximum atomic E-state index is 4.05. The van der Waals surface area contributed by atoms with Crippen molar-refractivity contribution in [2.45, 2.75) is 0 Å². The van der Waals surface area contributed by atoms with Gasteiger partial charge >= 0.3 is 0 Å². The molecule has 0 aliphatic carbocycles. The minimum atomic E-state index is 0.974. The van der Waals surface area contributed by atoms with Crippen LogP contribution in [0.2, 0.25) is 0 Å². The van der Waals surface area contributed by atoms with E-state index in [1.165, 1.54) is 0 Å². The van der Waals surface area contributed by atoms with Crippen molar-refractivity contribution >= 4 is 17.1 Å². The monoisotopic (exact) mass is 149 g/mol. The standard InChI is InChI=1S/C7H9N4/c1-8-5-2-3-6-7(4-5)10-11-9-6/h2-4,9-11H,1H3/q-1. The van der Waals surface area contributed by atoms with Crippen molar-refractivity contribution in [1.82, 2.24) is 5.53 Å². The van der Waals surface area contributed by atoms with Crippen LogP contribution in [-0.4, -0.2) is 7.05 Å². The molecule has 0 spiro atoms. The second kappa shape index (κ2) is 2.32. The van der Waals surface area contributed by atoms with Crippen molar-refractivity contribution in [3.8, 4) is 0 Å². The van der Waals surface area contributed by atoms with Gasteiger partial charge < -0.3 is 16.2 Å². The second-order valence-electron chi connectivity index (χ2n) is 2.33. The molecule has 0 saturated heterocycles. The number of fused-ring (bicyclic) bond motifs is 1. The number of nitrogens with zero attached hydrogens (tertiary/aromatic N) is 1. The summed E-state index contributed by atoms with van der Waals surface area (Å²) in [6.45, 7) is 0. The van der Waals surface area contributed by atoms with E-state index in [-0.39, 0.29) is 0 Å². The highest BCUT2D eigenvalue weighted by atomic mass is 15.6. The molecule has 0 atom stereocenters. The molecule has 4 nitrogen and oxygen atoms in total. The van der Waals surface area contributed by atoms with Crippen LogP contribution in [0.5, 0.6) is 0 Å². The van der Waals surface area contributed by atoms with Gasteiger partial charge in [0.05, 0.1) is 11.4 Å². The van der Waals surface area contributed by atoms with Crippen LogP contribution in [0.3, 0.4) is 0 Å². The first-order valence-electron chi connectivity index (χ1n) is 3.41. The number of hydrogen-bond donors (Lipinski definition) is 3. The molecule has 2 rings (SSSR count). The van der Waals surface area contributed by atoms with E-state index in [0.717, 1.165) is 17.1 Å². The van der Waals surface area contributed by atoms with Crippen molar-refractivity contribution < 1.29 is 0 Å². The highest BCUT2D eigenvalue weighted by Gasteiger charge is 2.05. The molecule has 0 unspecified atom stereocenters. The molecule has 4 heteroatoms. The Hall–Kier alpha value is -1.42. The zero-order valence-electron chi connectivity index (χ0n) is 6.18. The van der Waals surface area contributed by atoms with E-state index in [1.54, 1.807) is 7.05 Å². The number of rotatable bonds is 1. The van der Waals surface area contributed by atoms with Crippen molar-refractivity contribution in [2.24, 2.45) is 0 Å². The van der Waals surface area contributed by atoms with Gasteiger partial charge in [0.15, 0.2) is 0 Å². The summed E-state index contributed by atoms with van der Waals surface area (Å²) in [6.07, 6.45) is 0. The summed E-state index contributed by atoms with van der Waals surface area (Å²) in [4.78, 5) is 0. The van der Waals surface area contributed by atoms with Crippen LogP contribution in [0.25, 0.3) is 5.32 Å². The van der Waals surface area contributed by atoms with Crippen molar-refractivity contribution in [1.29, 1.82) is 0 Å². The van der Waals surface area contributed by atoms with Crippen LogP contribution in [0.4, 0.5) is 17.1 Å². The Labute approximate surface area is 64.9 Å². The average Bonchev–Trinajstić information content (AvgIpc) is 2.50. The summed E-state index contributed by atoms with van der Waals surface area (Å²) in [5.74, 6) is 0. The SMILES string of the molecule is C[N-]c1ccc2c(c1)NNN2. The fourth-order valence-corrected chi connectivity index (χ4v) is 1.05. The van der Waals surface area contributed by atoms with Gasteiger partial charge in [0.1, 0.15) is 0 Å². The maximum absolute atomic E-state index is 4.05. The lowest BCUT2D eigenvalue weighted by Crippen LogP contribution is -2.19. The molecule has 1 aliphatic rings. The third kappa shape index (κ3) is 0.969. The lowest BCUT2D eigenvalue weighted by molar-refractivity contribution is 1.01. The molecule has 0 amide bonds. The average molecular weight is 149 g/mol. The van der Waals surface area contributed by atoms with E-state index < -0.39 is 0 Å². The first kappa shape index (κ1) is 6.30. The molecule has 11 heavy (non-hydrogen) atoms. The summed E-state index contributed by atoms with van der Waals surface area (Å²) < 4.78 is 0. The summed E-state index contributed by atoms with van der Waals surface area (Å²) in [6, 6.07) is 5.91. The first-order chi connectivity index (χ1) is 5.40. The quantitative estimate of drug-likeness (QED) is 0.568. The molecule has 0 saturated carbocycles. The minimum Gasteiger partial charge on any atom is -0.687 e. The summed E-state index contributed by atoms with van der Waals surface area (Å²) in [5, 5.41) is 4.05. The topological polar surface area (TPSA) is 50.2 Å².